The minimum absolute atomic E-state index is 0.634. The average Bonchev–Trinajstić information content (AvgIpc) is 1.64. The maximum absolute atomic E-state index is 7.15. The van der Waals surface area contributed by atoms with Gasteiger partial charge in [0, 0.05) is 14.1 Å². The molecule has 0 bridgehead atoms. The Bertz CT molecular complexity index is 99.1. The predicted molar refractivity (Wildman–Crippen MR) is 36.4 cm³/mol. The second-order valence-electron chi connectivity index (χ2n) is 2.10. The molecule has 0 aliphatic heterocycles. The Hall–Kier alpha value is -0.660. The first-order valence-electron chi connectivity index (χ1n) is 2.62. The quantitative estimate of drug-likeness (QED) is 0.509. The van der Waals surface area contributed by atoms with Crippen LogP contribution in [0.25, 0.3) is 5.73 Å². The van der Waals surface area contributed by atoms with Gasteiger partial charge in [-0.05, 0) is 12.6 Å². The summed E-state index contributed by atoms with van der Waals surface area (Å²) in [6.07, 6.45) is 0. The van der Waals surface area contributed by atoms with E-state index in [0.717, 1.165) is 5.70 Å². The van der Waals surface area contributed by atoms with Crippen LogP contribution in [0.4, 0.5) is 0 Å². The topological polar surface area (TPSA) is 27.0 Å². The molecule has 2 heteroatoms. The molecule has 0 aromatic carbocycles. The van der Waals surface area contributed by atoms with Gasteiger partial charge >= 0.3 is 0 Å². The molecule has 0 fully saturated rings. The lowest BCUT2D eigenvalue weighted by Gasteiger charge is -2.18. The Morgan fingerprint density at radius 1 is 1.25 bits per heavy atom. The number of nitrogens with zero attached hydrogens (tertiary/aromatic N) is 1. The lowest BCUT2D eigenvalue weighted by Crippen LogP contribution is -2.08. The highest BCUT2D eigenvalue weighted by molar-refractivity contribution is 5.11. The van der Waals surface area contributed by atoms with Gasteiger partial charge in [-0.2, -0.15) is 0 Å². The Morgan fingerprint density at radius 2 is 1.62 bits per heavy atom. The molecule has 0 aliphatic rings. The highest BCUT2D eigenvalue weighted by atomic mass is 15.1. The molecule has 0 saturated carbocycles. The van der Waals surface area contributed by atoms with Crippen molar-refractivity contribution in [1.82, 2.24) is 4.90 Å². The SMILES string of the molecule is CC([NH-])=C(C)N(C)C. The predicted octanol–water partition coefficient (Wildman–Crippen LogP) is 1.85. The third-order valence-electron chi connectivity index (χ3n) is 1.21. The standard InChI is InChI=1S/C6H13N2/c1-5(7)6(2)8(3)4/h7H,1-4H3/q-1. The van der Waals surface area contributed by atoms with Crippen molar-refractivity contribution in [1.29, 1.82) is 0 Å². The molecule has 0 atom stereocenters. The first kappa shape index (κ1) is 7.34. The van der Waals surface area contributed by atoms with Crippen molar-refractivity contribution in [3.8, 4) is 0 Å². The van der Waals surface area contributed by atoms with E-state index < -0.39 is 0 Å². The number of hydrogen-bond acceptors (Lipinski definition) is 1. The summed E-state index contributed by atoms with van der Waals surface area (Å²) < 4.78 is 0. The van der Waals surface area contributed by atoms with E-state index >= 15 is 0 Å². The van der Waals surface area contributed by atoms with E-state index in [-0.39, 0.29) is 0 Å². The molecule has 0 radical (unpaired) electrons. The number of rotatable bonds is 1. The first-order valence-corrected chi connectivity index (χ1v) is 2.62. The minimum Gasteiger partial charge on any atom is -0.701 e. The largest absolute Gasteiger partial charge is 0.701 e. The highest BCUT2D eigenvalue weighted by Gasteiger charge is 1.86. The normalized spacial score (nSPS) is 13.0. The van der Waals surface area contributed by atoms with Gasteiger partial charge in [0.25, 0.3) is 0 Å². The van der Waals surface area contributed by atoms with Crippen LogP contribution in [0.2, 0.25) is 0 Å². The van der Waals surface area contributed by atoms with Crippen LogP contribution in [0.5, 0.6) is 0 Å². The molecule has 0 saturated heterocycles. The Morgan fingerprint density at radius 3 is 1.62 bits per heavy atom. The molecule has 48 valence electrons. The van der Waals surface area contributed by atoms with Crippen molar-refractivity contribution in [2.75, 3.05) is 14.1 Å². The van der Waals surface area contributed by atoms with Crippen LogP contribution in [0.1, 0.15) is 13.8 Å². The fraction of sp³-hybridized carbons (Fsp3) is 0.667. The van der Waals surface area contributed by atoms with Crippen LogP contribution in [0.3, 0.4) is 0 Å². The van der Waals surface area contributed by atoms with E-state index in [4.69, 9.17) is 5.73 Å². The fourth-order valence-electron chi connectivity index (χ4n) is 0.335. The molecule has 2 nitrogen and oxygen atoms in total. The van der Waals surface area contributed by atoms with Crippen molar-refractivity contribution in [2.24, 2.45) is 0 Å². The van der Waals surface area contributed by atoms with Crippen LogP contribution >= 0.6 is 0 Å². The molecule has 1 N–H and O–H groups in total. The summed E-state index contributed by atoms with van der Waals surface area (Å²) in [5, 5.41) is 0. The van der Waals surface area contributed by atoms with Gasteiger partial charge in [0.1, 0.15) is 0 Å². The van der Waals surface area contributed by atoms with Gasteiger partial charge in [-0.15, -0.1) is 5.70 Å². The van der Waals surface area contributed by atoms with Crippen LogP contribution in [-0.4, -0.2) is 19.0 Å². The van der Waals surface area contributed by atoms with Crippen LogP contribution in [0, 0.1) is 0 Å². The summed E-state index contributed by atoms with van der Waals surface area (Å²) in [6.45, 7) is 3.72. The van der Waals surface area contributed by atoms with E-state index in [0.29, 0.717) is 5.70 Å². The molecule has 0 spiro atoms. The van der Waals surface area contributed by atoms with Gasteiger partial charge in [0.15, 0.2) is 0 Å². The minimum atomic E-state index is 0.634. The van der Waals surface area contributed by atoms with Crippen molar-refractivity contribution >= 4 is 0 Å². The lowest BCUT2D eigenvalue weighted by molar-refractivity contribution is 0.509. The van der Waals surface area contributed by atoms with E-state index in [2.05, 4.69) is 0 Å². The van der Waals surface area contributed by atoms with Crippen molar-refractivity contribution in [3.63, 3.8) is 0 Å². The zero-order chi connectivity index (χ0) is 6.73. The summed E-state index contributed by atoms with van der Waals surface area (Å²) in [6, 6.07) is 0. The molecule has 0 aliphatic carbocycles. The van der Waals surface area contributed by atoms with Crippen LogP contribution in [0.15, 0.2) is 11.4 Å². The molecule has 0 aromatic heterocycles. The maximum Gasteiger partial charge on any atom is 0.00575 e. The zero-order valence-electron chi connectivity index (χ0n) is 5.95. The van der Waals surface area contributed by atoms with Crippen molar-refractivity contribution in [3.05, 3.63) is 17.1 Å². The fourth-order valence-corrected chi connectivity index (χ4v) is 0.335. The van der Waals surface area contributed by atoms with Crippen LogP contribution < -0.4 is 0 Å². The average molecular weight is 113 g/mol. The van der Waals surface area contributed by atoms with Gasteiger partial charge in [-0.25, -0.2) is 0 Å². The molecule has 0 aromatic rings. The summed E-state index contributed by atoms with van der Waals surface area (Å²) in [7, 11) is 3.88. The monoisotopic (exact) mass is 113 g/mol. The zero-order valence-corrected chi connectivity index (χ0v) is 5.95. The van der Waals surface area contributed by atoms with E-state index in [1.165, 1.54) is 0 Å². The maximum atomic E-state index is 7.15. The third-order valence-corrected chi connectivity index (χ3v) is 1.21. The molecule has 0 heterocycles. The third kappa shape index (κ3) is 1.87. The molecular weight excluding hydrogens is 100 g/mol. The van der Waals surface area contributed by atoms with Gasteiger partial charge in [0.2, 0.25) is 0 Å². The number of allylic oxidation sites excluding steroid dienone is 2. The molecule has 0 amide bonds. The summed E-state index contributed by atoms with van der Waals surface area (Å²) in [4.78, 5) is 1.93. The highest BCUT2D eigenvalue weighted by Crippen LogP contribution is 2.03. The number of hydrogen-bond donors (Lipinski definition) is 0. The Kier molecular flexibility index (Phi) is 2.38. The summed E-state index contributed by atoms with van der Waals surface area (Å²) in [5.41, 5.74) is 8.80. The van der Waals surface area contributed by atoms with Gasteiger partial charge < -0.3 is 10.6 Å². The summed E-state index contributed by atoms with van der Waals surface area (Å²) >= 11 is 0. The molecule has 0 unspecified atom stereocenters. The number of nitrogens with one attached hydrogen (secondary N) is 1. The lowest BCUT2D eigenvalue weighted by atomic mass is 10.4. The molecular formula is C6H13N2-. The first-order chi connectivity index (χ1) is 3.55. The smallest absolute Gasteiger partial charge is 0.00575 e. The Labute approximate surface area is 51.0 Å². The van der Waals surface area contributed by atoms with Gasteiger partial charge in [-0.3, -0.25) is 0 Å². The van der Waals surface area contributed by atoms with Gasteiger partial charge in [-0.1, -0.05) is 6.92 Å². The Balaban J connectivity index is 4.00. The summed E-state index contributed by atoms with van der Waals surface area (Å²) in [5.74, 6) is 0. The van der Waals surface area contributed by atoms with Crippen molar-refractivity contribution < 1.29 is 0 Å². The van der Waals surface area contributed by atoms with E-state index in [1.807, 2.05) is 25.9 Å². The van der Waals surface area contributed by atoms with Crippen molar-refractivity contribution in [2.45, 2.75) is 13.8 Å². The molecule has 0 rings (SSSR count). The molecule has 8 heavy (non-hydrogen) atoms. The van der Waals surface area contributed by atoms with E-state index in [1.54, 1.807) is 6.92 Å². The second-order valence-corrected chi connectivity index (χ2v) is 2.10. The van der Waals surface area contributed by atoms with Crippen LogP contribution in [-0.2, 0) is 0 Å². The second kappa shape index (κ2) is 2.60. The van der Waals surface area contributed by atoms with Gasteiger partial charge in [0.05, 0.1) is 0 Å². The van der Waals surface area contributed by atoms with E-state index in [9.17, 15) is 0 Å².